The predicted molar refractivity (Wildman–Crippen MR) is 90.8 cm³/mol. The molecular formula is C13H24BClO3SSi. The molecular weight excluding hydrogens is 311 g/mol. The monoisotopic (exact) mass is 334 g/mol. The van der Waals surface area contributed by atoms with Gasteiger partial charge in [-0.3, -0.25) is 0 Å². The van der Waals surface area contributed by atoms with E-state index in [1.807, 2.05) is 0 Å². The lowest BCUT2D eigenvalue weighted by molar-refractivity contribution is 0.292. The highest BCUT2D eigenvalue weighted by atomic mass is 35.5. The molecule has 1 heterocycles. The first-order chi connectivity index (χ1) is 9.13. The van der Waals surface area contributed by atoms with Gasteiger partial charge in [0.2, 0.25) is 0 Å². The molecule has 0 spiro atoms. The normalized spacial score (nSPS) is 12.6. The van der Waals surface area contributed by atoms with Crippen molar-refractivity contribution in [3.8, 4) is 5.06 Å². The standard InChI is InChI=1S/C13H24BClO3SSi/c1-8(2)20(9(3)4,10(5)6)13-11(15)7-12(19-13)18-14(16)17/h7-10,16-17H,1-6H3. The highest BCUT2D eigenvalue weighted by Gasteiger charge is 2.47. The van der Waals surface area contributed by atoms with Crippen LogP contribution in [-0.2, 0) is 0 Å². The van der Waals surface area contributed by atoms with Crippen molar-refractivity contribution in [1.82, 2.24) is 0 Å². The van der Waals surface area contributed by atoms with Crippen LogP contribution >= 0.6 is 22.9 Å². The number of thiophene rings is 1. The minimum Gasteiger partial charge on any atom is -0.504 e. The Labute approximate surface area is 132 Å². The third-order valence-electron chi connectivity index (χ3n) is 4.15. The summed E-state index contributed by atoms with van der Waals surface area (Å²) < 4.78 is 6.18. The van der Waals surface area contributed by atoms with Gasteiger partial charge in [0.25, 0.3) is 0 Å². The first kappa shape index (κ1) is 18.0. The van der Waals surface area contributed by atoms with Crippen LogP contribution in [0.5, 0.6) is 5.06 Å². The second-order valence-corrected chi connectivity index (χ2v) is 13.7. The van der Waals surface area contributed by atoms with Crippen molar-refractivity contribution in [2.75, 3.05) is 0 Å². The highest BCUT2D eigenvalue weighted by Crippen LogP contribution is 2.45. The fourth-order valence-corrected chi connectivity index (χ4v) is 14.2. The summed E-state index contributed by atoms with van der Waals surface area (Å²) in [5.74, 6) is 0. The fraction of sp³-hybridized carbons (Fsp3) is 0.692. The molecule has 0 aliphatic heterocycles. The molecule has 0 aromatic carbocycles. The molecule has 0 bridgehead atoms. The number of rotatable bonds is 6. The van der Waals surface area contributed by atoms with E-state index in [1.165, 1.54) is 15.8 Å². The third-order valence-corrected chi connectivity index (χ3v) is 13.7. The van der Waals surface area contributed by atoms with E-state index in [9.17, 15) is 0 Å². The van der Waals surface area contributed by atoms with Crippen LogP contribution in [0.15, 0.2) is 6.07 Å². The van der Waals surface area contributed by atoms with Gasteiger partial charge in [-0.25, -0.2) is 0 Å². The molecule has 2 N–H and O–H groups in total. The molecule has 1 aromatic heterocycles. The van der Waals surface area contributed by atoms with Crippen LogP contribution in [0.2, 0.25) is 21.6 Å². The molecule has 114 valence electrons. The summed E-state index contributed by atoms with van der Waals surface area (Å²) in [5, 5.41) is 19.1. The molecule has 1 rings (SSSR count). The predicted octanol–water partition coefficient (Wildman–Crippen LogP) is 3.64. The Bertz CT molecular complexity index is 427. The van der Waals surface area contributed by atoms with Gasteiger partial charge < -0.3 is 14.7 Å². The topological polar surface area (TPSA) is 49.7 Å². The second kappa shape index (κ2) is 6.83. The SMILES string of the molecule is CC(C)[Si](c1sc(OB(O)O)cc1Cl)(C(C)C)C(C)C. The molecule has 1 aromatic rings. The van der Waals surface area contributed by atoms with Crippen LogP contribution in [0.25, 0.3) is 0 Å². The number of hydrogen-bond acceptors (Lipinski definition) is 4. The van der Waals surface area contributed by atoms with Crippen molar-refractivity contribution >= 4 is 42.8 Å². The van der Waals surface area contributed by atoms with E-state index in [-0.39, 0.29) is 0 Å². The van der Waals surface area contributed by atoms with Gasteiger partial charge in [-0.05, 0) is 16.6 Å². The maximum Gasteiger partial charge on any atom is 0.708 e. The average Bonchev–Trinajstić information content (AvgIpc) is 2.57. The van der Waals surface area contributed by atoms with Crippen molar-refractivity contribution in [1.29, 1.82) is 0 Å². The van der Waals surface area contributed by atoms with E-state index >= 15 is 0 Å². The van der Waals surface area contributed by atoms with Crippen LogP contribution in [0.4, 0.5) is 0 Å². The molecule has 0 amide bonds. The molecule has 0 saturated carbocycles. The number of hydrogen-bond donors (Lipinski definition) is 2. The minimum atomic E-state index is -1.84. The molecule has 3 nitrogen and oxygen atoms in total. The van der Waals surface area contributed by atoms with Gasteiger partial charge in [0.1, 0.15) is 8.07 Å². The van der Waals surface area contributed by atoms with Crippen LogP contribution < -0.4 is 9.15 Å². The zero-order valence-corrected chi connectivity index (χ0v) is 15.5. The second-order valence-electron chi connectivity index (χ2n) is 6.08. The average molecular weight is 335 g/mol. The van der Waals surface area contributed by atoms with Gasteiger partial charge in [0, 0.05) is 10.6 Å². The van der Waals surface area contributed by atoms with Gasteiger partial charge in [0.15, 0.2) is 5.06 Å². The van der Waals surface area contributed by atoms with Crippen LogP contribution in [0.1, 0.15) is 41.5 Å². The molecule has 0 aliphatic rings. The van der Waals surface area contributed by atoms with E-state index in [0.29, 0.717) is 26.7 Å². The Morgan fingerprint density at radius 3 is 1.90 bits per heavy atom. The molecule has 7 heteroatoms. The van der Waals surface area contributed by atoms with Crippen LogP contribution in [0.3, 0.4) is 0 Å². The van der Waals surface area contributed by atoms with Gasteiger partial charge in [-0.1, -0.05) is 53.1 Å². The zero-order valence-electron chi connectivity index (χ0n) is 13.0. The van der Waals surface area contributed by atoms with E-state index in [0.717, 1.165) is 0 Å². The van der Waals surface area contributed by atoms with Crippen molar-refractivity contribution < 1.29 is 14.7 Å². The van der Waals surface area contributed by atoms with Crippen molar-refractivity contribution in [3.63, 3.8) is 0 Å². The Kier molecular flexibility index (Phi) is 6.17. The minimum absolute atomic E-state index is 0.471. The molecule has 20 heavy (non-hydrogen) atoms. The lowest BCUT2D eigenvalue weighted by Crippen LogP contribution is -2.54. The third kappa shape index (κ3) is 3.25. The lowest BCUT2D eigenvalue weighted by Gasteiger charge is -2.42. The smallest absolute Gasteiger partial charge is 0.504 e. The number of halogens is 1. The van der Waals surface area contributed by atoms with E-state index < -0.39 is 15.4 Å². The summed E-state index contributed by atoms with van der Waals surface area (Å²) in [6, 6.07) is 1.70. The van der Waals surface area contributed by atoms with Crippen LogP contribution in [-0.4, -0.2) is 25.4 Å². The van der Waals surface area contributed by atoms with Crippen LogP contribution in [0, 0.1) is 0 Å². The summed E-state index contributed by atoms with van der Waals surface area (Å²) in [6.07, 6.45) is 0. The first-order valence-corrected chi connectivity index (χ1v) is 10.4. The fourth-order valence-electron chi connectivity index (χ4n) is 3.59. The van der Waals surface area contributed by atoms with E-state index in [1.54, 1.807) is 6.07 Å². The quantitative estimate of drug-likeness (QED) is 0.781. The van der Waals surface area contributed by atoms with Gasteiger partial charge in [-0.15, -0.1) is 11.3 Å². The van der Waals surface area contributed by atoms with Crippen molar-refractivity contribution in [2.24, 2.45) is 0 Å². The molecule has 0 fully saturated rings. The summed E-state index contributed by atoms with van der Waals surface area (Å²) >= 11 is 7.91. The lowest BCUT2D eigenvalue weighted by atomic mass is 10.3. The maximum atomic E-state index is 8.94. The Hall–Kier alpha value is -0.00818. The van der Waals surface area contributed by atoms with Gasteiger partial charge in [-0.2, -0.15) is 0 Å². The first-order valence-electron chi connectivity index (χ1n) is 6.96. The molecule has 0 unspecified atom stereocenters. The molecule has 0 saturated heterocycles. The summed E-state index contributed by atoms with van der Waals surface area (Å²) in [7, 11) is -3.64. The maximum absolute atomic E-state index is 8.94. The summed E-state index contributed by atoms with van der Waals surface area (Å²) in [5.41, 5.74) is 1.64. The Morgan fingerprint density at radius 1 is 1.10 bits per heavy atom. The van der Waals surface area contributed by atoms with Crippen molar-refractivity contribution in [2.45, 2.75) is 58.2 Å². The Morgan fingerprint density at radius 2 is 1.55 bits per heavy atom. The van der Waals surface area contributed by atoms with Gasteiger partial charge >= 0.3 is 7.32 Å². The Balaban J connectivity index is 3.38. The highest BCUT2D eigenvalue weighted by molar-refractivity contribution is 7.29. The molecule has 0 aliphatic carbocycles. The molecule has 0 atom stereocenters. The zero-order chi connectivity index (χ0) is 15.7. The van der Waals surface area contributed by atoms with Crippen molar-refractivity contribution in [3.05, 3.63) is 11.1 Å². The van der Waals surface area contributed by atoms with Gasteiger partial charge in [0.05, 0.1) is 5.02 Å². The summed E-state index contributed by atoms with van der Waals surface area (Å²) in [6.45, 7) is 13.6. The van der Waals surface area contributed by atoms with E-state index in [4.69, 9.17) is 26.3 Å². The largest absolute Gasteiger partial charge is 0.708 e. The van der Waals surface area contributed by atoms with E-state index in [2.05, 4.69) is 41.5 Å². The summed E-state index contributed by atoms with van der Waals surface area (Å²) in [4.78, 5) is 0. The molecule has 0 radical (unpaired) electrons.